The fourth-order valence-corrected chi connectivity index (χ4v) is 2.63. The lowest BCUT2D eigenvalue weighted by atomic mass is 10.3. The van der Waals surface area contributed by atoms with Crippen molar-refractivity contribution in [3.63, 3.8) is 0 Å². The molecule has 0 fully saturated rings. The van der Waals surface area contributed by atoms with E-state index in [1.54, 1.807) is 13.3 Å². The summed E-state index contributed by atoms with van der Waals surface area (Å²) in [4.78, 5) is 8.38. The predicted molar refractivity (Wildman–Crippen MR) is 83.7 cm³/mol. The molecule has 0 saturated heterocycles. The third-order valence-electron chi connectivity index (χ3n) is 2.08. The second-order valence-electron chi connectivity index (χ2n) is 3.30. The summed E-state index contributed by atoms with van der Waals surface area (Å²) in [6.45, 7) is 0. The first kappa shape index (κ1) is 13.8. The Morgan fingerprint density at radius 3 is 2.89 bits per heavy atom. The Morgan fingerprint density at radius 2 is 2.22 bits per heavy atom. The second-order valence-corrected chi connectivity index (χ2v) is 5.75. The molecule has 0 saturated carbocycles. The minimum absolute atomic E-state index is 0.468. The van der Waals surface area contributed by atoms with E-state index in [-0.39, 0.29) is 0 Å². The normalized spacial score (nSPS) is 10.2. The van der Waals surface area contributed by atoms with Crippen LogP contribution in [0.25, 0.3) is 0 Å². The number of methoxy groups -OCH3 is 1. The van der Waals surface area contributed by atoms with Gasteiger partial charge in [0.2, 0.25) is 11.8 Å². The summed E-state index contributed by atoms with van der Waals surface area (Å²) in [5.74, 6) is 0.951. The molecule has 0 amide bonds. The molecule has 0 radical (unpaired) electrons. The minimum atomic E-state index is 0.468. The molecule has 0 aliphatic heterocycles. The Balaban J connectivity index is 2.28. The van der Waals surface area contributed by atoms with Crippen LogP contribution in [0.1, 0.15) is 0 Å². The Labute approximate surface area is 131 Å². The number of ether oxygens (including phenoxy) is 1. The highest BCUT2D eigenvalue weighted by Crippen LogP contribution is 2.26. The lowest BCUT2D eigenvalue weighted by Crippen LogP contribution is -2.00. The summed E-state index contributed by atoms with van der Waals surface area (Å²) in [6, 6.07) is 5.55. The van der Waals surface area contributed by atoms with Crippen LogP contribution >= 0.6 is 50.1 Å². The monoisotopic (exact) mass is 439 g/mol. The number of benzene rings is 1. The molecule has 1 N–H and O–H groups in total. The highest BCUT2D eigenvalue weighted by atomic mass is 127. The van der Waals surface area contributed by atoms with E-state index >= 15 is 0 Å². The van der Waals surface area contributed by atoms with Gasteiger partial charge in [0.15, 0.2) is 0 Å². The van der Waals surface area contributed by atoms with E-state index in [0.717, 1.165) is 9.26 Å². The first-order chi connectivity index (χ1) is 8.60. The van der Waals surface area contributed by atoms with Crippen LogP contribution in [-0.4, -0.2) is 17.1 Å². The number of rotatable bonds is 3. The third-order valence-corrected chi connectivity index (χ3v) is 3.75. The van der Waals surface area contributed by atoms with Crippen LogP contribution < -0.4 is 10.1 Å². The summed E-state index contributed by atoms with van der Waals surface area (Å²) in [5, 5.41) is 3.81. The third kappa shape index (κ3) is 3.24. The Kier molecular flexibility index (Phi) is 4.63. The van der Waals surface area contributed by atoms with Crippen molar-refractivity contribution in [1.82, 2.24) is 9.97 Å². The van der Waals surface area contributed by atoms with Gasteiger partial charge in [-0.05, 0) is 56.7 Å². The van der Waals surface area contributed by atoms with Gasteiger partial charge in [0.05, 0.1) is 23.5 Å². The number of aromatic nitrogens is 2. The van der Waals surface area contributed by atoms with Gasteiger partial charge in [0.25, 0.3) is 0 Å². The molecule has 0 bridgehead atoms. The van der Waals surface area contributed by atoms with Crippen molar-refractivity contribution in [1.29, 1.82) is 0 Å². The molecule has 0 spiro atoms. The lowest BCUT2D eigenvalue weighted by molar-refractivity contribution is 0.394. The molecule has 1 aromatic carbocycles. The van der Waals surface area contributed by atoms with Crippen molar-refractivity contribution in [2.24, 2.45) is 0 Å². The first-order valence-corrected chi connectivity index (χ1v) is 7.13. The largest absolute Gasteiger partial charge is 0.480 e. The second kappa shape index (κ2) is 6.03. The molecule has 2 aromatic rings. The van der Waals surface area contributed by atoms with Crippen LogP contribution in [-0.2, 0) is 0 Å². The van der Waals surface area contributed by atoms with E-state index in [2.05, 4.69) is 53.8 Å². The van der Waals surface area contributed by atoms with E-state index in [4.69, 9.17) is 16.3 Å². The summed E-state index contributed by atoms with van der Waals surface area (Å²) >= 11 is 11.4. The maximum atomic E-state index is 5.90. The number of hydrogen-bond acceptors (Lipinski definition) is 4. The maximum Gasteiger partial charge on any atom is 0.232 e. The van der Waals surface area contributed by atoms with Gasteiger partial charge in [-0.1, -0.05) is 11.6 Å². The van der Waals surface area contributed by atoms with Crippen molar-refractivity contribution >= 4 is 61.8 Å². The van der Waals surface area contributed by atoms with Crippen molar-refractivity contribution in [3.05, 3.63) is 37.5 Å². The molecule has 0 unspecified atom stereocenters. The highest BCUT2D eigenvalue weighted by molar-refractivity contribution is 14.1. The number of nitrogens with zero attached hydrogens (tertiary/aromatic N) is 2. The molecule has 94 valence electrons. The maximum absolute atomic E-state index is 5.90. The molecule has 0 atom stereocenters. The summed E-state index contributed by atoms with van der Waals surface area (Å²) < 4.78 is 6.81. The van der Waals surface area contributed by atoms with Gasteiger partial charge in [0, 0.05) is 8.59 Å². The van der Waals surface area contributed by atoms with Gasteiger partial charge >= 0.3 is 0 Å². The first-order valence-electron chi connectivity index (χ1n) is 4.89. The topological polar surface area (TPSA) is 47.0 Å². The van der Waals surface area contributed by atoms with Gasteiger partial charge in [-0.3, -0.25) is 0 Å². The van der Waals surface area contributed by atoms with E-state index < -0.39 is 0 Å². The number of nitrogens with one attached hydrogen (secondary N) is 1. The van der Waals surface area contributed by atoms with Crippen LogP contribution in [0.2, 0.25) is 5.02 Å². The quantitative estimate of drug-likeness (QED) is 0.725. The van der Waals surface area contributed by atoms with Gasteiger partial charge in [0.1, 0.15) is 0 Å². The summed E-state index contributed by atoms with van der Waals surface area (Å²) in [5.41, 5.74) is 0.893. The van der Waals surface area contributed by atoms with E-state index in [1.165, 1.54) is 0 Å². The fourth-order valence-electron chi connectivity index (χ4n) is 1.27. The van der Waals surface area contributed by atoms with Crippen LogP contribution in [0.15, 0.2) is 28.9 Å². The van der Waals surface area contributed by atoms with Crippen molar-refractivity contribution < 1.29 is 4.74 Å². The molecule has 4 nitrogen and oxygen atoms in total. The number of anilines is 2. The summed E-state index contributed by atoms with van der Waals surface area (Å²) in [6.07, 6.45) is 1.64. The van der Waals surface area contributed by atoms with Crippen molar-refractivity contribution in [2.45, 2.75) is 0 Å². The highest BCUT2D eigenvalue weighted by Gasteiger charge is 2.07. The average molecular weight is 440 g/mol. The van der Waals surface area contributed by atoms with Crippen LogP contribution in [0.3, 0.4) is 0 Å². The summed E-state index contributed by atoms with van der Waals surface area (Å²) in [7, 11) is 1.56. The number of hydrogen-bond donors (Lipinski definition) is 1. The molecule has 0 aliphatic rings. The van der Waals surface area contributed by atoms with Gasteiger partial charge in [-0.25, -0.2) is 4.98 Å². The molecular formula is C11H8BrClIN3O. The minimum Gasteiger partial charge on any atom is -0.480 e. The Morgan fingerprint density at radius 1 is 1.44 bits per heavy atom. The lowest BCUT2D eigenvalue weighted by Gasteiger charge is -2.09. The molecular weight excluding hydrogens is 432 g/mol. The SMILES string of the molecule is COc1nc(Nc2ccc(Cl)cc2I)ncc1Br. The molecule has 2 rings (SSSR count). The Hall–Kier alpha value is -0.600. The molecule has 1 heterocycles. The standard InChI is InChI=1S/C11H8BrClIN3O/c1-18-10-7(12)5-15-11(17-10)16-9-3-2-6(13)4-8(9)14/h2-5H,1H3,(H,15,16,17). The van der Waals surface area contributed by atoms with Gasteiger partial charge in [-0.2, -0.15) is 4.98 Å². The fraction of sp³-hybridized carbons (Fsp3) is 0.0909. The molecule has 7 heteroatoms. The smallest absolute Gasteiger partial charge is 0.232 e. The van der Waals surface area contributed by atoms with Crippen LogP contribution in [0, 0.1) is 3.57 Å². The zero-order valence-corrected chi connectivity index (χ0v) is 13.7. The number of halogens is 3. The van der Waals surface area contributed by atoms with Gasteiger partial charge < -0.3 is 10.1 Å². The van der Waals surface area contributed by atoms with Gasteiger partial charge in [-0.15, -0.1) is 0 Å². The average Bonchev–Trinajstić information content (AvgIpc) is 2.35. The Bertz CT molecular complexity index is 582. The van der Waals surface area contributed by atoms with Crippen molar-refractivity contribution in [2.75, 3.05) is 12.4 Å². The molecule has 1 aromatic heterocycles. The molecule has 18 heavy (non-hydrogen) atoms. The van der Waals surface area contributed by atoms with Crippen LogP contribution in [0.5, 0.6) is 5.88 Å². The van der Waals surface area contributed by atoms with E-state index in [1.807, 2.05) is 18.2 Å². The van der Waals surface area contributed by atoms with Crippen molar-refractivity contribution in [3.8, 4) is 5.88 Å². The van der Waals surface area contributed by atoms with Crippen LogP contribution in [0.4, 0.5) is 11.6 Å². The molecule has 0 aliphatic carbocycles. The van der Waals surface area contributed by atoms with E-state index in [0.29, 0.717) is 21.3 Å². The van der Waals surface area contributed by atoms with E-state index in [9.17, 15) is 0 Å². The predicted octanol–water partition coefficient (Wildman–Crippen LogP) is 4.25. The zero-order chi connectivity index (χ0) is 13.1. The zero-order valence-electron chi connectivity index (χ0n) is 9.25.